The fourth-order valence-electron chi connectivity index (χ4n) is 3.47. The van der Waals surface area contributed by atoms with Crippen molar-refractivity contribution in [2.45, 2.75) is 71.8 Å². The summed E-state index contributed by atoms with van der Waals surface area (Å²) in [6, 6.07) is -0.0906. The van der Waals surface area contributed by atoms with E-state index in [0.717, 1.165) is 38.5 Å². The molecule has 138 valence electrons. The topological polar surface area (TPSA) is 77.9 Å². The van der Waals surface area contributed by atoms with Crippen LogP contribution in [0, 0.1) is 5.92 Å². The van der Waals surface area contributed by atoms with Crippen molar-refractivity contribution in [1.82, 2.24) is 9.80 Å². The number of nitrogens with zero attached hydrogens (tertiary/aromatic N) is 2. The fourth-order valence-corrected chi connectivity index (χ4v) is 3.47. The third kappa shape index (κ3) is 6.13. The lowest BCUT2D eigenvalue weighted by Crippen LogP contribution is -2.43. The molecule has 2 unspecified atom stereocenters. The number of amides is 2. The number of carboxylic acids is 1. The molecule has 0 radical (unpaired) electrons. The van der Waals surface area contributed by atoms with Crippen LogP contribution >= 0.6 is 0 Å². The first-order valence-electron chi connectivity index (χ1n) is 9.18. The van der Waals surface area contributed by atoms with Crippen LogP contribution in [-0.4, -0.2) is 58.4 Å². The first kappa shape index (κ1) is 20.5. The van der Waals surface area contributed by atoms with E-state index in [1.807, 2.05) is 4.90 Å². The maximum absolute atomic E-state index is 12.7. The Morgan fingerprint density at radius 2 is 1.92 bits per heavy atom. The number of carbonyl (C=O) groups excluding carboxylic acids is 2. The van der Waals surface area contributed by atoms with Gasteiger partial charge < -0.3 is 14.9 Å². The maximum Gasteiger partial charge on any atom is 0.323 e. The third-order valence-electron chi connectivity index (χ3n) is 4.91. The van der Waals surface area contributed by atoms with Gasteiger partial charge in [-0.1, -0.05) is 26.7 Å². The van der Waals surface area contributed by atoms with Crippen LogP contribution in [0.1, 0.15) is 65.7 Å². The Morgan fingerprint density at radius 1 is 1.21 bits per heavy atom. The average Bonchev–Trinajstić information content (AvgIpc) is 2.78. The number of hydrogen-bond donors (Lipinski definition) is 1. The molecular weight excluding hydrogens is 308 g/mol. The van der Waals surface area contributed by atoms with Crippen molar-refractivity contribution < 1.29 is 19.5 Å². The summed E-state index contributed by atoms with van der Waals surface area (Å²) in [5, 5.41) is 9.00. The van der Waals surface area contributed by atoms with Gasteiger partial charge in [-0.05, 0) is 32.1 Å². The molecule has 0 spiro atoms. The van der Waals surface area contributed by atoms with Crippen LogP contribution in [0.4, 0.5) is 0 Å². The lowest BCUT2D eigenvalue weighted by Gasteiger charge is -2.29. The summed E-state index contributed by atoms with van der Waals surface area (Å²) >= 11 is 0. The molecule has 6 heteroatoms. The lowest BCUT2D eigenvalue weighted by molar-refractivity contribution is -0.145. The lowest BCUT2D eigenvalue weighted by atomic mass is 9.97. The third-order valence-corrected chi connectivity index (χ3v) is 4.91. The molecule has 2 amide bonds. The van der Waals surface area contributed by atoms with Gasteiger partial charge in [0.25, 0.3) is 0 Å². The molecule has 6 nitrogen and oxygen atoms in total. The number of likely N-dealkylation sites (tertiary alicyclic amines) is 1. The van der Waals surface area contributed by atoms with Gasteiger partial charge in [0.2, 0.25) is 11.8 Å². The number of unbranched alkanes of at least 4 members (excludes halogenated alkanes) is 1. The van der Waals surface area contributed by atoms with Gasteiger partial charge in [0.1, 0.15) is 6.54 Å². The van der Waals surface area contributed by atoms with E-state index in [2.05, 4.69) is 13.8 Å². The largest absolute Gasteiger partial charge is 0.480 e. The highest BCUT2D eigenvalue weighted by Crippen LogP contribution is 2.21. The minimum atomic E-state index is -0.993. The first-order chi connectivity index (χ1) is 11.4. The number of aliphatic carboxylic acids is 1. The first-order valence-corrected chi connectivity index (χ1v) is 9.18. The second kappa shape index (κ2) is 10.3. The molecule has 1 heterocycles. The van der Waals surface area contributed by atoms with E-state index in [-0.39, 0.29) is 30.3 Å². The number of rotatable bonds is 8. The van der Waals surface area contributed by atoms with E-state index in [1.165, 1.54) is 11.8 Å². The minimum absolute atomic E-state index is 0.0874. The molecule has 1 rings (SSSR count). The Balaban J connectivity index is 2.67. The van der Waals surface area contributed by atoms with Gasteiger partial charge in [-0.2, -0.15) is 0 Å². The summed E-state index contributed by atoms with van der Waals surface area (Å²) in [4.78, 5) is 38.8. The van der Waals surface area contributed by atoms with Gasteiger partial charge in [0.05, 0.1) is 0 Å². The number of carboxylic acid groups (broad SMARTS) is 1. The molecule has 1 N–H and O–H groups in total. The predicted octanol–water partition coefficient (Wildman–Crippen LogP) is 2.52. The molecule has 0 saturated carbocycles. The molecule has 1 aliphatic heterocycles. The summed E-state index contributed by atoms with van der Waals surface area (Å²) in [6.45, 7) is 6.65. The Hall–Kier alpha value is -1.59. The van der Waals surface area contributed by atoms with E-state index in [0.29, 0.717) is 19.5 Å². The van der Waals surface area contributed by atoms with Crippen molar-refractivity contribution in [3.63, 3.8) is 0 Å². The molecule has 0 bridgehead atoms. The molecular formula is C18H32N2O4. The predicted molar refractivity (Wildman–Crippen MR) is 92.5 cm³/mol. The van der Waals surface area contributed by atoms with E-state index in [9.17, 15) is 14.4 Å². The molecule has 0 aromatic heterocycles. The summed E-state index contributed by atoms with van der Waals surface area (Å²) in [5.41, 5.74) is 0. The second-order valence-corrected chi connectivity index (χ2v) is 6.70. The van der Waals surface area contributed by atoms with Crippen LogP contribution in [-0.2, 0) is 14.4 Å². The molecule has 0 aromatic carbocycles. The van der Waals surface area contributed by atoms with Gasteiger partial charge in [0.15, 0.2) is 0 Å². The zero-order valence-electron chi connectivity index (χ0n) is 15.3. The van der Waals surface area contributed by atoms with Crippen molar-refractivity contribution in [3.05, 3.63) is 0 Å². The van der Waals surface area contributed by atoms with Gasteiger partial charge in [-0.15, -0.1) is 0 Å². The van der Waals surface area contributed by atoms with Crippen molar-refractivity contribution in [2.24, 2.45) is 5.92 Å². The van der Waals surface area contributed by atoms with Crippen LogP contribution in [0.2, 0.25) is 0 Å². The Bertz CT molecular complexity index is 439. The Morgan fingerprint density at radius 3 is 2.46 bits per heavy atom. The molecule has 24 heavy (non-hydrogen) atoms. The highest BCUT2D eigenvalue weighted by atomic mass is 16.4. The number of carbonyl (C=O) groups is 3. The zero-order valence-corrected chi connectivity index (χ0v) is 15.3. The van der Waals surface area contributed by atoms with Gasteiger partial charge in [-0.25, -0.2) is 0 Å². The van der Waals surface area contributed by atoms with Crippen molar-refractivity contribution >= 4 is 17.8 Å². The monoisotopic (exact) mass is 340 g/mol. The normalized spacial score (nSPS) is 19.5. The van der Waals surface area contributed by atoms with Gasteiger partial charge in [0, 0.05) is 32.0 Å². The number of hydrogen-bond acceptors (Lipinski definition) is 3. The minimum Gasteiger partial charge on any atom is -0.480 e. The van der Waals surface area contributed by atoms with Crippen LogP contribution < -0.4 is 0 Å². The molecule has 1 saturated heterocycles. The van der Waals surface area contributed by atoms with Crippen LogP contribution in [0.15, 0.2) is 0 Å². The second-order valence-electron chi connectivity index (χ2n) is 6.70. The zero-order chi connectivity index (χ0) is 18.1. The molecule has 1 fully saturated rings. The summed E-state index contributed by atoms with van der Waals surface area (Å²) in [6.07, 6.45) is 6.17. The smallest absolute Gasteiger partial charge is 0.323 e. The average molecular weight is 340 g/mol. The van der Waals surface area contributed by atoms with E-state index < -0.39 is 5.97 Å². The summed E-state index contributed by atoms with van der Waals surface area (Å²) in [7, 11) is 0. The van der Waals surface area contributed by atoms with Crippen LogP contribution in [0.3, 0.4) is 0 Å². The van der Waals surface area contributed by atoms with Crippen molar-refractivity contribution in [3.8, 4) is 0 Å². The molecule has 2 atom stereocenters. The van der Waals surface area contributed by atoms with Crippen LogP contribution in [0.25, 0.3) is 0 Å². The summed E-state index contributed by atoms with van der Waals surface area (Å²) < 4.78 is 0. The Kier molecular flexibility index (Phi) is 8.79. The van der Waals surface area contributed by atoms with Crippen LogP contribution in [0.5, 0.6) is 0 Å². The van der Waals surface area contributed by atoms with E-state index in [4.69, 9.17) is 5.11 Å². The van der Waals surface area contributed by atoms with E-state index in [1.54, 1.807) is 0 Å². The highest BCUT2D eigenvalue weighted by molar-refractivity contribution is 5.80. The molecule has 1 aliphatic rings. The molecule has 0 aliphatic carbocycles. The fraction of sp³-hybridized carbons (Fsp3) is 0.833. The standard InChI is InChI=1S/C18H32N2O4/c1-4-6-8-15(5-2)18(24)19-11-7-9-16(10-12-19)20(14(3)21)13-17(22)23/h15-16H,4-13H2,1-3H3,(H,22,23). The SMILES string of the molecule is CCCCC(CC)C(=O)N1CCCC(N(CC(=O)O)C(C)=O)CC1. The van der Waals surface area contributed by atoms with Gasteiger partial charge in [-0.3, -0.25) is 14.4 Å². The Labute approximate surface area is 145 Å². The maximum atomic E-state index is 12.7. The summed E-state index contributed by atoms with van der Waals surface area (Å²) in [5.74, 6) is -0.895. The van der Waals surface area contributed by atoms with Crippen molar-refractivity contribution in [1.29, 1.82) is 0 Å². The van der Waals surface area contributed by atoms with Gasteiger partial charge >= 0.3 is 5.97 Å². The highest BCUT2D eigenvalue weighted by Gasteiger charge is 2.29. The van der Waals surface area contributed by atoms with Crippen molar-refractivity contribution in [2.75, 3.05) is 19.6 Å². The quantitative estimate of drug-likeness (QED) is 0.736. The van der Waals surface area contributed by atoms with E-state index >= 15 is 0 Å². The molecule has 0 aromatic rings.